The van der Waals surface area contributed by atoms with Gasteiger partial charge in [0.1, 0.15) is 5.75 Å². The molecule has 15 heavy (non-hydrogen) atoms. The highest BCUT2D eigenvalue weighted by Crippen LogP contribution is 2.22. The summed E-state index contributed by atoms with van der Waals surface area (Å²) in [7, 11) is 8.07. The van der Waals surface area contributed by atoms with E-state index in [1.165, 1.54) is 5.56 Å². The molecule has 0 unspecified atom stereocenters. The zero-order valence-corrected chi connectivity index (χ0v) is 9.99. The maximum absolute atomic E-state index is 9.81. The molecule has 1 aromatic rings. The predicted molar refractivity (Wildman–Crippen MR) is 62.9 cm³/mol. The molecule has 1 aromatic carbocycles. The fraction of sp³-hybridized carbons (Fsp3) is 0.500. The van der Waals surface area contributed by atoms with Gasteiger partial charge in [-0.2, -0.15) is 0 Å². The number of aromatic hydroxyl groups is 1. The average molecular weight is 208 g/mol. The number of hydrogen-bond donors (Lipinski definition) is 1. The number of nitrogens with zero attached hydrogens (tertiary/aromatic N) is 2. The van der Waals surface area contributed by atoms with Gasteiger partial charge in [-0.3, -0.25) is 0 Å². The third-order valence-electron chi connectivity index (χ3n) is 2.21. The van der Waals surface area contributed by atoms with Crippen LogP contribution >= 0.6 is 0 Å². The van der Waals surface area contributed by atoms with Crippen LogP contribution in [0, 0.1) is 0 Å². The molecule has 0 aliphatic heterocycles. The van der Waals surface area contributed by atoms with E-state index in [2.05, 4.69) is 15.9 Å². The van der Waals surface area contributed by atoms with E-state index in [0.29, 0.717) is 5.75 Å². The van der Waals surface area contributed by atoms with Crippen molar-refractivity contribution < 1.29 is 5.11 Å². The molecule has 84 valence electrons. The summed E-state index contributed by atoms with van der Waals surface area (Å²) in [6.45, 7) is 1.63. The van der Waals surface area contributed by atoms with Crippen molar-refractivity contribution in [3.63, 3.8) is 0 Å². The van der Waals surface area contributed by atoms with Crippen molar-refractivity contribution in [1.29, 1.82) is 0 Å². The average Bonchev–Trinajstić information content (AvgIpc) is 2.09. The van der Waals surface area contributed by atoms with Gasteiger partial charge in [0, 0.05) is 18.7 Å². The van der Waals surface area contributed by atoms with Crippen LogP contribution in [0.5, 0.6) is 5.75 Å². The van der Waals surface area contributed by atoms with E-state index in [4.69, 9.17) is 0 Å². The van der Waals surface area contributed by atoms with Crippen LogP contribution in [0.2, 0.25) is 0 Å². The fourth-order valence-electron chi connectivity index (χ4n) is 1.61. The van der Waals surface area contributed by atoms with Gasteiger partial charge in [0.25, 0.3) is 0 Å². The van der Waals surface area contributed by atoms with Crippen LogP contribution in [0.4, 0.5) is 0 Å². The number of phenols is 1. The lowest BCUT2D eigenvalue weighted by Gasteiger charge is -2.18. The molecule has 0 aromatic heterocycles. The lowest BCUT2D eigenvalue weighted by atomic mass is 10.1. The van der Waals surface area contributed by atoms with Crippen LogP contribution in [-0.4, -0.2) is 43.1 Å². The summed E-state index contributed by atoms with van der Waals surface area (Å²) in [5.74, 6) is 0.392. The van der Waals surface area contributed by atoms with Gasteiger partial charge in [0.15, 0.2) is 0 Å². The standard InChI is InChI=1S/C12H20N2O/c1-13(2)8-10-6-5-7-12(15)11(10)9-14(3)4/h5-7,15H,8-9H2,1-4H3. The summed E-state index contributed by atoms with van der Waals surface area (Å²) in [4.78, 5) is 4.17. The Morgan fingerprint density at radius 3 is 2.13 bits per heavy atom. The summed E-state index contributed by atoms with van der Waals surface area (Å²) < 4.78 is 0. The van der Waals surface area contributed by atoms with E-state index in [-0.39, 0.29) is 0 Å². The van der Waals surface area contributed by atoms with Gasteiger partial charge in [0.05, 0.1) is 0 Å². The first-order valence-corrected chi connectivity index (χ1v) is 5.10. The van der Waals surface area contributed by atoms with Crippen molar-refractivity contribution in [2.24, 2.45) is 0 Å². The number of benzene rings is 1. The maximum atomic E-state index is 9.81. The summed E-state index contributed by atoms with van der Waals surface area (Å²) in [6.07, 6.45) is 0. The fourth-order valence-corrected chi connectivity index (χ4v) is 1.61. The molecule has 0 aliphatic rings. The van der Waals surface area contributed by atoms with Gasteiger partial charge in [-0.1, -0.05) is 12.1 Å². The molecule has 0 fully saturated rings. The first-order valence-electron chi connectivity index (χ1n) is 5.10. The minimum atomic E-state index is 0.392. The Morgan fingerprint density at radius 1 is 1.00 bits per heavy atom. The third-order valence-corrected chi connectivity index (χ3v) is 2.21. The van der Waals surface area contributed by atoms with Crippen LogP contribution in [0.1, 0.15) is 11.1 Å². The van der Waals surface area contributed by atoms with Gasteiger partial charge in [-0.05, 0) is 39.8 Å². The molecule has 0 heterocycles. The normalized spacial score (nSPS) is 11.3. The van der Waals surface area contributed by atoms with E-state index < -0.39 is 0 Å². The molecule has 3 nitrogen and oxygen atoms in total. The van der Waals surface area contributed by atoms with Crippen LogP contribution < -0.4 is 0 Å². The Hall–Kier alpha value is -1.06. The second kappa shape index (κ2) is 5.14. The summed E-state index contributed by atoms with van der Waals surface area (Å²) in [6, 6.07) is 5.71. The summed E-state index contributed by atoms with van der Waals surface area (Å²) in [5, 5.41) is 9.81. The highest BCUT2D eigenvalue weighted by Gasteiger charge is 2.08. The zero-order valence-electron chi connectivity index (χ0n) is 9.99. The first-order chi connectivity index (χ1) is 7.00. The summed E-state index contributed by atoms with van der Waals surface area (Å²) in [5.41, 5.74) is 2.21. The monoisotopic (exact) mass is 208 g/mol. The second-order valence-corrected chi connectivity index (χ2v) is 4.39. The number of phenolic OH excluding ortho intramolecular Hbond substituents is 1. The third kappa shape index (κ3) is 3.53. The van der Waals surface area contributed by atoms with Crippen molar-refractivity contribution >= 4 is 0 Å². The molecule has 0 aliphatic carbocycles. The molecule has 3 heteroatoms. The van der Waals surface area contributed by atoms with E-state index in [1.54, 1.807) is 6.07 Å². The van der Waals surface area contributed by atoms with Gasteiger partial charge in [0.2, 0.25) is 0 Å². The smallest absolute Gasteiger partial charge is 0.120 e. The molecule has 0 saturated heterocycles. The van der Waals surface area contributed by atoms with Crippen molar-refractivity contribution in [3.05, 3.63) is 29.3 Å². The molecule has 0 spiro atoms. The van der Waals surface area contributed by atoms with Crippen molar-refractivity contribution in [1.82, 2.24) is 9.80 Å². The minimum absolute atomic E-state index is 0.392. The quantitative estimate of drug-likeness (QED) is 0.812. The highest BCUT2D eigenvalue weighted by atomic mass is 16.3. The van der Waals surface area contributed by atoms with Gasteiger partial charge >= 0.3 is 0 Å². The van der Waals surface area contributed by atoms with Crippen LogP contribution in [0.15, 0.2) is 18.2 Å². The lowest BCUT2D eigenvalue weighted by molar-refractivity contribution is 0.368. The molecule has 0 amide bonds. The number of rotatable bonds is 4. The largest absolute Gasteiger partial charge is 0.508 e. The Kier molecular flexibility index (Phi) is 4.12. The molecule has 0 radical (unpaired) electrons. The molecule has 0 bridgehead atoms. The van der Waals surface area contributed by atoms with Gasteiger partial charge in [-0.15, -0.1) is 0 Å². The van der Waals surface area contributed by atoms with Crippen molar-refractivity contribution in [2.45, 2.75) is 13.1 Å². The van der Waals surface area contributed by atoms with E-state index >= 15 is 0 Å². The van der Waals surface area contributed by atoms with E-state index in [9.17, 15) is 5.11 Å². The maximum Gasteiger partial charge on any atom is 0.120 e. The molecular formula is C12H20N2O. The molecule has 0 atom stereocenters. The van der Waals surface area contributed by atoms with Crippen LogP contribution in [0.3, 0.4) is 0 Å². The Balaban J connectivity index is 2.97. The number of hydrogen-bond acceptors (Lipinski definition) is 3. The van der Waals surface area contributed by atoms with Crippen LogP contribution in [-0.2, 0) is 13.1 Å². The SMILES string of the molecule is CN(C)Cc1cccc(O)c1CN(C)C. The van der Waals surface area contributed by atoms with Gasteiger partial charge < -0.3 is 14.9 Å². The Bertz CT molecular complexity index is 321. The topological polar surface area (TPSA) is 26.7 Å². The van der Waals surface area contributed by atoms with E-state index in [1.807, 2.05) is 34.3 Å². The Labute approximate surface area is 91.9 Å². The van der Waals surface area contributed by atoms with Crippen molar-refractivity contribution in [2.75, 3.05) is 28.2 Å². The Morgan fingerprint density at radius 2 is 1.60 bits per heavy atom. The highest BCUT2D eigenvalue weighted by molar-refractivity contribution is 5.39. The zero-order chi connectivity index (χ0) is 11.4. The molecule has 1 N–H and O–H groups in total. The second-order valence-electron chi connectivity index (χ2n) is 4.39. The predicted octanol–water partition coefficient (Wildman–Crippen LogP) is 1.52. The summed E-state index contributed by atoms with van der Waals surface area (Å²) >= 11 is 0. The first kappa shape index (κ1) is 12.0. The van der Waals surface area contributed by atoms with Gasteiger partial charge in [-0.25, -0.2) is 0 Å². The molecular weight excluding hydrogens is 188 g/mol. The molecule has 1 rings (SSSR count). The van der Waals surface area contributed by atoms with Crippen LogP contribution in [0.25, 0.3) is 0 Å². The lowest BCUT2D eigenvalue weighted by Crippen LogP contribution is -2.16. The molecule has 0 saturated carbocycles. The minimum Gasteiger partial charge on any atom is -0.508 e. The van der Waals surface area contributed by atoms with Crippen molar-refractivity contribution in [3.8, 4) is 5.75 Å². The van der Waals surface area contributed by atoms with E-state index in [0.717, 1.165) is 18.7 Å².